The van der Waals surface area contributed by atoms with Crippen LogP contribution in [0.2, 0.25) is 0 Å². The minimum Gasteiger partial charge on any atom is -0.434 e. The van der Waals surface area contributed by atoms with Crippen molar-refractivity contribution in [2.45, 2.75) is 33.6 Å². The number of carbonyl (C=O) groups is 1. The number of hydrogen-bond acceptors (Lipinski definition) is 3. The molecule has 3 rings (SSSR count). The SMILES string of the molecule is CCCCOC(=O)Oc1c2cc(C)ccc2cc2ccc(C)cc12. The molecule has 0 aliphatic heterocycles. The van der Waals surface area contributed by atoms with Gasteiger partial charge in [-0.05, 0) is 49.2 Å². The van der Waals surface area contributed by atoms with Crippen molar-refractivity contribution in [3.63, 3.8) is 0 Å². The van der Waals surface area contributed by atoms with Gasteiger partial charge in [-0.15, -0.1) is 0 Å². The Balaban J connectivity index is 2.11. The second-order valence-electron chi connectivity index (χ2n) is 6.21. The van der Waals surface area contributed by atoms with E-state index in [0.29, 0.717) is 12.4 Å². The van der Waals surface area contributed by atoms with Crippen molar-refractivity contribution in [2.75, 3.05) is 6.61 Å². The molecule has 0 aliphatic rings. The van der Waals surface area contributed by atoms with Gasteiger partial charge in [0, 0.05) is 10.8 Å². The van der Waals surface area contributed by atoms with E-state index in [1.807, 2.05) is 26.0 Å². The number of hydrogen-bond donors (Lipinski definition) is 0. The zero-order valence-corrected chi connectivity index (χ0v) is 14.4. The second kappa shape index (κ2) is 6.91. The van der Waals surface area contributed by atoms with Gasteiger partial charge in [0.25, 0.3) is 0 Å². The molecular formula is C21H22O3. The molecule has 0 saturated heterocycles. The van der Waals surface area contributed by atoms with E-state index in [4.69, 9.17) is 9.47 Å². The van der Waals surface area contributed by atoms with Gasteiger partial charge >= 0.3 is 6.16 Å². The first-order valence-electron chi connectivity index (χ1n) is 8.37. The first kappa shape index (κ1) is 16.3. The molecular weight excluding hydrogens is 300 g/mol. The zero-order valence-electron chi connectivity index (χ0n) is 14.4. The Bertz CT molecular complexity index is 836. The Kier molecular flexibility index (Phi) is 4.70. The summed E-state index contributed by atoms with van der Waals surface area (Å²) in [7, 11) is 0. The van der Waals surface area contributed by atoms with Gasteiger partial charge in [-0.3, -0.25) is 0 Å². The van der Waals surface area contributed by atoms with Crippen LogP contribution in [0.4, 0.5) is 4.79 Å². The Labute approximate surface area is 142 Å². The quantitative estimate of drug-likeness (QED) is 0.259. The van der Waals surface area contributed by atoms with E-state index >= 15 is 0 Å². The molecule has 0 heterocycles. The van der Waals surface area contributed by atoms with Crippen LogP contribution in [0.5, 0.6) is 5.75 Å². The smallest absolute Gasteiger partial charge is 0.434 e. The first-order chi connectivity index (χ1) is 11.6. The fraction of sp³-hybridized carbons (Fsp3) is 0.286. The number of carbonyl (C=O) groups excluding carboxylic acids is 1. The average molecular weight is 322 g/mol. The summed E-state index contributed by atoms with van der Waals surface area (Å²) in [5, 5.41) is 3.96. The molecule has 0 amide bonds. The van der Waals surface area contributed by atoms with Crippen molar-refractivity contribution in [3.05, 3.63) is 53.6 Å². The van der Waals surface area contributed by atoms with E-state index < -0.39 is 6.16 Å². The summed E-state index contributed by atoms with van der Waals surface area (Å²) in [4.78, 5) is 12.1. The van der Waals surface area contributed by atoms with Crippen LogP contribution in [0.1, 0.15) is 30.9 Å². The predicted octanol–water partition coefficient (Wildman–Crippen LogP) is 5.93. The molecule has 0 spiro atoms. The summed E-state index contributed by atoms with van der Waals surface area (Å²) in [6.07, 6.45) is 1.17. The molecule has 3 aromatic rings. The van der Waals surface area contributed by atoms with Crippen LogP contribution in [0, 0.1) is 13.8 Å². The molecule has 0 atom stereocenters. The van der Waals surface area contributed by atoms with Crippen molar-refractivity contribution >= 4 is 27.7 Å². The van der Waals surface area contributed by atoms with E-state index in [9.17, 15) is 4.79 Å². The van der Waals surface area contributed by atoms with Crippen molar-refractivity contribution in [1.29, 1.82) is 0 Å². The highest BCUT2D eigenvalue weighted by molar-refractivity contribution is 6.06. The molecule has 0 saturated carbocycles. The first-order valence-corrected chi connectivity index (χ1v) is 8.37. The Morgan fingerprint density at radius 2 is 1.50 bits per heavy atom. The fourth-order valence-corrected chi connectivity index (χ4v) is 2.82. The van der Waals surface area contributed by atoms with Gasteiger partial charge < -0.3 is 9.47 Å². The molecule has 124 valence electrons. The maximum Gasteiger partial charge on any atom is 0.513 e. The Morgan fingerprint density at radius 1 is 0.917 bits per heavy atom. The van der Waals surface area contributed by atoms with E-state index in [1.54, 1.807) is 0 Å². The lowest BCUT2D eigenvalue weighted by molar-refractivity contribution is 0.0988. The lowest BCUT2D eigenvalue weighted by Gasteiger charge is -2.13. The molecule has 0 aliphatic carbocycles. The highest BCUT2D eigenvalue weighted by Crippen LogP contribution is 2.36. The van der Waals surface area contributed by atoms with Crippen molar-refractivity contribution in [1.82, 2.24) is 0 Å². The molecule has 0 bridgehead atoms. The van der Waals surface area contributed by atoms with Crippen LogP contribution in [-0.2, 0) is 4.74 Å². The normalized spacial score (nSPS) is 11.0. The molecule has 24 heavy (non-hydrogen) atoms. The van der Waals surface area contributed by atoms with Gasteiger partial charge in [0.1, 0.15) is 5.75 Å². The summed E-state index contributed by atoms with van der Waals surface area (Å²) < 4.78 is 10.8. The van der Waals surface area contributed by atoms with Gasteiger partial charge in [0.15, 0.2) is 0 Å². The summed E-state index contributed by atoms with van der Waals surface area (Å²) in [5.74, 6) is 0.580. The van der Waals surface area contributed by atoms with Crippen molar-refractivity contribution < 1.29 is 14.3 Å². The van der Waals surface area contributed by atoms with Crippen LogP contribution in [-0.4, -0.2) is 12.8 Å². The molecule has 3 aromatic carbocycles. The zero-order chi connectivity index (χ0) is 17.1. The topological polar surface area (TPSA) is 35.5 Å². The maximum absolute atomic E-state index is 12.1. The van der Waals surface area contributed by atoms with Crippen LogP contribution in [0.25, 0.3) is 21.5 Å². The van der Waals surface area contributed by atoms with Crippen molar-refractivity contribution in [2.24, 2.45) is 0 Å². The lowest BCUT2D eigenvalue weighted by atomic mass is 9.99. The maximum atomic E-state index is 12.1. The van der Waals surface area contributed by atoms with Gasteiger partial charge in [-0.25, -0.2) is 4.79 Å². The number of unbranched alkanes of at least 4 members (excludes halogenated alkanes) is 1. The van der Waals surface area contributed by atoms with E-state index in [-0.39, 0.29) is 0 Å². The molecule has 3 heteroatoms. The number of benzene rings is 3. The highest BCUT2D eigenvalue weighted by atomic mass is 16.7. The molecule has 0 radical (unpaired) electrons. The number of rotatable bonds is 4. The molecule has 0 unspecified atom stereocenters. The number of aryl methyl sites for hydroxylation is 2. The van der Waals surface area contributed by atoms with Crippen molar-refractivity contribution in [3.8, 4) is 5.75 Å². The summed E-state index contributed by atoms with van der Waals surface area (Å²) in [6.45, 7) is 6.50. The Morgan fingerprint density at radius 3 is 2.04 bits per heavy atom. The monoisotopic (exact) mass is 322 g/mol. The molecule has 3 nitrogen and oxygen atoms in total. The summed E-state index contributed by atoms with van der Waals surface area (Å²) in [5.41, 5.74) is 2.25. The third kappa shape index (κ3) is 3.35. The van der Waals surface area contributed by atoms with E-state index in [2.05, 4.69) is 37.3 Å². The fourth-order valence-electron chi connectivity index (χ4n) is 2.82. The molecule has 0 N–H and O–H groups in total. The third-order valence-corrected chi connectivity index (χ3v) is 4.12. The predicted molar refractivity (Wildman–Crippen MR) is 97.8 cm³/mol. The van der Waals surface area contributed by atoms with Crippen LogP contribution < -0.4 is 4.74 Å². The number of ether oxygens (including phenoxy) is 2. The molecule has 0 fully saturated rings. The Hall–Kier alpha value is -2.55. The van der Waals surface area contributed by atoms with Crippen LogP contribution >= 0.6 is 0 Å². The third-order valence-electron chi connectivity index (χ3n) is 4.12. The highest BCUT2D eigenvalue weighted by Gasteiger charge is 2.14. The standard InChI is InChI=1S/C21H22O3/c1-4-5-10-23-21(22)24-20-18-11-14(2)6-8-16(18)13-17-9-7-15(3)12-19(17)20/h6-9,11-13H,4-5,10H2,1-3H3. The summed E-state index contributed by atoms with van der Waals surface area (Å²) >= 11 is 0. The minimum absolute atomic E-state index is 0.385. The minimum atomic E-state index is -0.639. The summed E-state index contributed by atoms with van der Waals surface area (Å²) in [6, 6.07) is 14.5. The van der Waals surface area contributed by atoms with Crippen LogP contribution in [0.15, 0.2) is 42.5 Å². The second-order valence-corrected chi connectivity index (χ2v) is 6.21. The largest absolute Gasteiger partial charge is 0.513 e. The van der Waals surface area contributed by atoms with E-state index in [0.717, 1.165) is 45.5 Å². The van der Waals surface area contributed by atoms with Gasteiger partial charge in [-0.1, -0.05) is 48.7 Å². The van der Waals surface area contributed by atoms with Gasteiger partial charge in [0.05, 0.1) is 6.61 Å². The lowest BCUT2D eigenvalue weighted by Crippen LogP contribution is -2.12. The molecule has 0 aromatic heterocycles. The van der Waals surface area contributed by atoms with E-state index in [1.165, 1.54) is 0 Å². The van der Waals surface area contributed by atoms with Crippen LogP contribution in [0.3, 0.4) is 0 Å². The number of fused-ring (bicyclic) bond motifs is 2. The van der Waals surface area contributed by atoms with Gasteiger partial charge in [-0.2, -0.15) is 0 Å². The van der Waals surface area contributed by atoms with Gasteiger partial charge in [0.2, 0.25) is 0 Å². The average Bonchev–Trinajstić information content (AvgIpc) is 2.56.